The number of hydrogen-bond acceptors (Lipinski definition) is 6. The molecule has 0 saturated carbocycles. The van der Waals surface area contributed by atoms with Crippen molar-refractivity contribution in [3.05, 3.63) is 56.9 Å². The largest absolute Gasteiger partial charge is 0.493 e. The van der Waals surface area contributed by atoms with E-state index in [-0.39, 0.29) is 11.5 Å². The number of thioether (sulfide) groups is 1. The molecule has 0 bridgehead atoms. The Labute approximate surface area is 192 Å². The number of benzene rings is 2. The van der Waals surface area contributed by atoms with Crippen molar-refractivity contribution in [1.29, 1.82) is 0 Å². The average Bonchev–Trinajstić information content (AvgIpc) is 3.00. The highest BCUT2D eigenvalue weighted by Gasteiger charge is 2.30. The number of rotatable bonds is 7. The highest BCUT2D eigenvalue weighted by Crippen LogP contribution is 2.39. The lowest BCUT2D eigenvalue weighted by Gasteiger charge is -2.13. The number of aromatic carboxylic acids is 1. The van der Waals surface area contributed by atoms with Gasteiger partial charge in [-0.2, -0.15) is 0 Å². The summed E-state index contributed by atoms with van der Waals surface area (Å²) in [5, 5.41) is 9.62. The van der Waals surface area contributed by atoms with Crippen LogP contribution in [0.5, 0.6) is 11.5 Å². The van der Waals surface area contributed by atoms with Gasteiger partial charge in [0.15, 0.2) is 16.7 Å². The number of carbonyl (C=O) groups excluding carboxylic acids is 1. The third-order valence-corrected chi connectivity index (χ3v) is 5.97. The van der Waals surface area contributed by atoms with Crippen LogP contribution in [0.3, 0.4) is 0 Å². The van der Waals surface area contributed by atoms with E-state index in [1.807, 2.05) is 19.1 Å². The number of likely N-dealkylation sites (N-methyl/N-ethyl adjacent to an activating group) is 1. The van der Waals surface area contributed by atoms with E-state index in [1.165, 1.54) is 28.8 Å². The summed E-state index contributed by atoms with van der Waals surface area (Å²) < 4.78 is 11.9. The second kappa shape index (κ2) is 10.0. The molecule has 1 heterocycles. The number of amidine groups is 1. The number of carboxylic acid groups (broad SMARTS) is 1. The van der Waals surface area contributed by atoms with Crippen LogP contribution in [0.1, 0.15) is 29.3 Å². The molecule has 31 heavy (non-hydrogen) atoms. The predicted octanol–water partition coefficient (Wildman–Crippen LogP) is 5.18. The summed E-state index contributed by atoms with van der Waals surface area (Å²) in [7, 11) is 3.20. The number of halogens is 1. The molecule has 1 aliphatic heterocycles. The predicted molar refractivity (Wildman–Crippen MR) is 125 cm³/mol. The smallest absolute Gasteiger partial charge is 0.335 e. The molecule has 162 valence electrons. The molecule has 0 radical (unpaired) electrons. The van der Waals surface area contributed by atoms with E-state index in [1.54, 1.807) is 32.4 Å². The summed E-state index contributed by atoms with van der Waals surface area (Å²) >= 11 is 4.73. The standard InChI is InChI=1S/C22H21BrN2O5S/c1-4-8-30-19-16(23)9-13(10-17(19)29-3)11-18-20(26)25(2)22(31-18)24-15-7-5-6-14(12-15)21(27)28/h5-7,9-12H,4,8H2,1-3H3,(H,27,28)/b18-11+,24-22?. The van der Waals surface area contributed by atoms with Gasteiger partial charge < -0.3 is 14.6 Å². The van der Waals surface area contributed by atoms with Crippen molar-refractivity contribution in [1.82, 2.24) is 4.90 Å². The van der Waals surface area contributed by atoms with Gasteiger partial charge in [-0.05, 0) is 76.1 Å². The minimum Gasteiger partial charge on any atom is -0.493 e. The van der Waals surface area contributed by atoms with Gasteiger partial charge in [0.2, 0.25) is 0 Å². The Kier molecular flexibility index (Phi) is 7.40. The molecule has 1 amide bonds. The number of methoxy groups -OCH3 is 1. The van der Waals surface area contributed by atoms with Crippen LogP contribution in [0.2, 0.25) is 0 Å². The number of ether oxygens (including phenoxy) is 2. The van der Waals surface area contributed by atoms with E-state index in [9.17, 15) is 9.59 Å². The molecule has 3 rings (SSSR count). The maximum atomic E-state index is 12.7. The average molecular weight is 505 g/mol. The molecule has 0 aliphatic carbocycles. The van der Waals surface area contributed by atoms with Crippen LogP contribution in [-0.4, -0.2) is 47.8 Å². The van der Waals surface area contributed by atoms with E-state index >= 15 is 0 Å². The monoisotopic (exact) mass is 504 g/mol. The van der Waals surface area contributed by atoms with Gasteiger partial charge in [0.05, 0.1) is 34.3 Å². The van der Waals surface area contributed by atoms with Gasteiger partial charge in [0.25, 0.3) is 5.91 Å². The summed E-state index contributed by atoms with van der Waals surface area (Å²) in [4.78, 5) is 30.3. The summed E-state index contributed by atoms with van der Waals surface area (Å²) in [6.45, 7) is 2.59. The van der Waals surface area contributed by atoms with Crippen LogP contribution < -0.4 is 9.47 Å². The van der Waals surface area contributed by atoms with Crippen molar-refractivity contribution in [3.8, 4) is 11.5 Å². The molecule has 0 spiro atoms. The first-order valence-electron chi connectivity index (χ1n) is 9.44. The van der Waals surface area contributed by atoms with Crippen molar-refractivity contribution in [2.45, 2.75) is 13.3 Å². The lowest BCUT2D eigenvalue weighted by molar-refractivity contribution is -0.121. The van der Waals surface area contributed by atoms with E-state index in [0.29, 0.717) is 33.9 Å². The van der Waals surface area contributed by atoms with E-state index in [2.05, 4.69) is 20.9 Å². The third-order valence-electron chi connectivity index (χ3n) is 4.32. The Hall–Kier alpha value is -2.78. The van der Waals surface area contributed by atoms with Crippen molar-refractivity contribution in [3.63, 3.8) is 0 Å². The quantitative estimate of drug-likeness (QED) is 0.522. The Bertz CT molecular complexity index is 1080. The second-order valence-electron chi connectivity index (χ2n) is 6.61. The van der Waals surface area contributed by atoms with Gasteiger partial charge in [0, 0.05) is 7.05 Å². The molecule has 9 heteroatoms. The Morgan fingerprint density at radius 1 is 1.32 bits per heavy atom. The first-order valence-corrected chi connectivity index (χ1v) is 11.0. The molecule has 2 aromatic rings. The molecule has 7 nitrogen and oxygen atoms in total. The zero-order chi connectivity index (χ0) is 22.5. The van der Waals surface area contributed by atoms with E-state index < -0.39 is 5.97 Å². The highest BCUT2D eigenvalue weighted by molar-refractivity contribution is 9.10. The van der Waals surface area contributed by atoms with Crippen LogP contribution in [0.4, 0.5) is 5.69 Å². The Morgan fingerprint density at radius 2 is 2.10 bits per heavy atom. The first kappa shape index (κ1) is 22.9. The summed E-state index contributed by atoms with van der Waals surface area (Å²) in [6.07, 6.45) is 2.63. The summed E-state index contributed by atoms with van der Waals surface area (Å²) in [5.74, 6) is -0.0380. The normalized spacial score (nSPS) is 16.3. The maximum Gasteiger partial charge on any atom is 0.335 e. The number of amides is 1. The minimum absolute atomic E-state index is 0.136. The van der Waals surface area contributed by atoms with Gasteiger partial charge in [-0.3, -0.25) is 9.69 Å². The van der Waals surface area contributed by atoms with Crippen molar-refractivity contribution in [2.24, 2.45) is 4.99 Å². The minimum atomic E-state index is -1.03. The molecule has 0 aromatic heterocycles. The zero-order valence-corrected chi connectivity index (χ0v) is 19.6. The SMILES string of the molecule is CCCOc1c(Br)cc(/C=C2/SC(=Nc3cccc(C(=O)O)c3)N(C)C2=O)cc1OC. The van der Waals surface area contributed by atoms with Gasteiger partial charge in [-0.1, -0.05) is 13.0 Å². The van der Waals surface area contributed by atoms with Gasteiger partial charge in [-0.15, -0.1) is 0 Å². The van der Waals surface area contributed by atoms with Crippen molar-refractivity contribution < 1.29 is 24.2 Å². The molecule has 2 aromatic carbocycles. The molecule has 1 saturated heterocycles. The number of carboxylic acids is 1. The fourth-order valence-corrected chi connectivity index (χ4v) is 4.35. The molecule has 1 fully saturated rings. The number of nitrogens with zero attached hydrogens (tertiary/aromatic N) is 2. The van der Waals surface area contributed by atoms with Crippen LogP contribution >= 0.6 is 27.7 Å². The molecular formula is C22H21BrN2O5S. The summed E-state index contributed by atoms with van der Waals surface area (Å²) in [6, 6.07) is 9.94. The van der Waals surface area contributed by atoms with Crippen LogP contribution in [0, 0.1) is 0 Å². The van der Waals surface area contributed by atoms with Crippen LogP contribution in [0.15, 0.2) is 50.8 Å². The fraction of sp³-hybridized carbons (Fsp3) is 0.227. The number of carbonyl (C=O) groups is 2. The van der Waals surface area contributed by atoms with Gasteiger partial charge in [0.1, 0.15) is 0 Å². The van der Waals surface area contributed by atoms with E-state index in [0.717, 1.165) is 16.5 Å². The highest BCUT2D eigenvalue weighted by atomic mass is 79.9. The van der Waals surface area contributed by atoms with Gasteiger partial charge in [-0.25, -0.2) is 9.79 Å². The van der Waals surface area contributed by atoms with Crippen LogP contribution in [-0.2, 0) is 4.79 Å². The van der Waals surface area contributed by atoms with Crippen molar-refractivity contribution >= 4 is 56.5 Å². The van der Waals surface area contributed by atoms with Crippen LogP contribution in [0.25, 0.3) is 6.08 Å². The summed E-state index contributed by atoms with van der Waals surface area (Å²) in [5.41, 5.74) is 1.37. The van der Waals surface area contributed by atoms with Gasteiger partial charge >= 0.3 is 5.97 Å². The molecule has 0 unspecified atom stereocenters. The zero-order valence-electron chi connectivity index (χ0n) is 17.2. The lowest BCUT2D eigenvalue weighted by Crippen LogP contribution is -2.23. The third kappa shape index (κ3) is 5.29. The fourth-order valence-electron chi connectivity index (χ4n) is 2.79. The first-order chi connectivity index (χ1) is 14.8. The Morgan fingerprint density at radius 3 is 2.77 bits per heavy atom. The topological polar surface area (TPSA) is 88.4 Å². The number of hydrogen-bond donors (Lipinski definition) is 1. The van der Waals surface area contributed by atoms with E-state index in [4.69, 9.17) is 14.6 Å². The second-order valence-corrected chi connectivity index (χ2v) is 8.47. The maximum absolute atomic E-state index is 12.7. The Balaban J connectivity index is 1.90. The molecule has 1 N–H and O–H groups in total. The molecule has 0 atom stereocenters. The molecular weight excluding hydrogens is 484 g/mol. The van der Waals surface area contributed by atoms with Crippen molar-refractivity contribution in [2.75, 3.05) is 20.8 Å². The number of aliphatic imine (C=N–C) groups is 1. The molecule has 1 aliphatic rings. The lowest BCUT2D eigenvalue weighted by atomic mass is 10.2.